The molecule has 0 amide bonds. The smallest absolute Gasteiger partial charge is 0.331 e. The van der Waals surface area contributed by atoms with E-state index < -0.39 is 5.97 Å². The van der Waals surface area contributed by atoms with Gasteiger partial charge in [0.2, 0.25) is 0 Å². The van der Waals surface area contributed by atoms with Gasteiger partial charge in [-0.2, -0.15) is 0 Å². The summed E-state index contributed by atoms with van der Waals surface area (Å²) in [5.74, 6) is -0.997. The summed E-state index contributed by atoms with van der Waals surface area (Å²) in [6, 6.07) is 3.70. The van der Waals surface area contributed by atoms with Gasteiger partial charge in [-0.3, -0.25) is 9.78 Å². The van der Waals surface area contributed by atoms with Crippen LogP contribution < -0.4 is 11.1 Å². The van der Waals surface area contributed by atoms with Gasteiger partial charge in [-0.1, -0.05) is 47.6 Å². The Bertz CT molecular complexity index is 723. The summed E-state index contributed by atoms with van der Waals surface area (Å²) in [7, 11) is 1.85. The van der Waals surface area contributed by atoms with Crippen LogP contribution in [0, 0.1) is 5.41 Å². The number of carbonyl (C=O) groups is 2. The molecule has 0 radical (unpaired) electrons. The van der Waals surface area contributed by atoms with Crippen LogP contribution in [-0.2, 0) is 14.3 Å². The van der Waals surface area contributed by atoms with Crippen LogP contribution >= 0.6 is 0 Å². The predicted molar refractivity (Wildman–Crippen MR) is 136 cm³/mol. The average Bonchev–Trinajstić information content (AvgIpc) is 2.76. The van der Waals surface area contributed by atoms with E-state index in [0.29, 0.717) is 25.1 Å². The number of nitrogens with two attached hydrogens (primary N) is 1. The molecule has 0 aliphatic heterocycles. The molecule has 7 heteroatoms. The first-order valence-electron chi connectivity index (χ1n) is 11.6. The number of aromatic nitrogens is 1. The van der Waals surface area contributed by atoms with E-state index in [0.717, 1.165) is 17.7 Å². The molecule has 0 fully saturated rings. The van der Waals surface area contributed by atoms with Crippen molar-refractivity contribution in [3.8, 4) is 0 Å². The van der Waals surface area contributed by atoms with Gasteiger partial charge in [0.05, 0.1) is 13.2 Å². The fourth-order valence-electron chi connectivity index (χ4n) is 2.94. The van der Waals surface area contributed by atoms with Gasteiger partial charge in [0.25, 0.3) is 0 Å². The molecule has 0 aliphatic rings. The highest BCUT2D eigenvalue weighted by molar-refractivity contribution is 5.88. The maximum atomic E-state index is 11.4. The number of ketones is 1. The van der Waals surface area contributed by atoms with Gasteiger partial charge in [-0.05, 0) is 49.0 Å². The minimum Gasteiger partial charge on any atom is -0.478 e. The van der Waals surface area contributed by atoms with E-state index in [-0.39, 0.29) is 23.7 Å². The Hall–Kier alpha value is -2.51. The van der Waals surface area contributed by atoms with Gasteiger partial charge in [0.15, 0.2) is 5.78 Å². The Kier molecular flexibility index (Phi) is 18.8. The first kappa shape index (κ1) is 32.7. The number of carbonyl (C=O) groups excluding carboxylic acids is 1. The van der Waals surface area contributed by atoms with Crippen molar-refractivity contribution in [1.82, 2.24) is 10.3 Å². The van der Waals surface area contributed by atoms with Gasteiger partial charge in [0, 0.05) is 43.2 Å². The molecule has 0 saturated heterocycles. The fourth-order valence-corrected chi connectivity index (χ4v) is 2.94. The highest BCUT2D eigenvalue weighted by atomic mass is 16.5. The lowest BCUT2D eigenvalue weighted by molar-refractivity contribution is -0.133. The second-order valence-electron chi connectivity index (χ2n) is 8.34. The van der Waals surface area contributed by atoms with Crippen molar-refractivity contribution in [2.75, 3.05) is 26.8 Å². The molecule has 7 nitrogen and oxygen atoms in total. The highest BCUT2D eigenvalue weighted by Gasteiger charge is 2.20. The van der Waals surface area contributed by atoms with Crippen molar-refractivity contribution < 1.29 is 19.4 Å². The number of allylic oxidation sites excluding steroid dienone is 2. The third-order valence-corrected chi connectivity index (χ3v) is 4.22. The van der Waals surface area contributed by atoms with E-state index >= 15 is 0 Å². The van der Waals surface area contributed by atoms with Crippen LogP contribution in [-0.4, -0.2) is 48.6 Å². The molecule has 1 unspecified atom stereocenters. The number of carboxylic acid groups (broad SMARTS) is 1. The number of hydrogen-bond acceptors (Lipinski definition) is 6. The van der Waals surface area contributed by atoms with Crippen LogP contribution in [0.15, 0.2) is 47.9 Å². The maximum Gasteiger partial charge on any atom is 0.331 e. The first-order valence-corrected chi connectivity index (χ1v) is 11.6. The van der Waals surface area contributed by atoms with E-state index in [1.165, 1.54) is 0 Å². The molecule has 0 spiro atoms. The number of nitrogens with one attached hydrogen (secondary N) is 1. The van der Waals surface area contributed by atoms with Crippen molar-refractivity contribution in [2.45, 2.75) is 67.2 Å². The largest absolute Gasteiger partial charge is 0.478 e. The van der Waals surface area contributed by atoms with Gasteiger partial charge in [0.1, 0.15) is 0 Å². The molecule has 1 rings (SSSR count). The summed E-state index contributed by atoms with van der Waals surface area (Å²) >= 11 is 0. The Balaban J connectivity index is 0. The number of ether oxygens (including phenoxy) is 1. The van der Waals surface area contributed by atoms with Gasteiger partial charge >= 0.3 is 5.97 Å². The summed E-state index contributed by atoms with van der Waals surface area (Å²) in [5.41, 5.74) is 7.79. The lowest BCUT2D eigenvalue weighted by Crippen LogP contribution is -2.15. The summed E-state index contributed by atoms with van der Waals surface area (Å²) in [6.07, 6.45) is 8.24. The molecule has 188 valence electrons. The van der Waals surface area contributed by atoms with Crippen molar-refractivity contribution in [3.05, 3.63) is 53.5 Å². The average molecular weight is 464 g/mol. The van der Waals surface area contributed by atoms with E-state index in [4.69, 9.17) is 10.5 Å². The molecule has 0 saturated carbocycles. The fraction of sp³-hybridized carbons (Fsp3) is 0.577. The third-order valence-electron chi connectivity index (χ3n) is 4.22. The zero-order chi connectivity index (χ0) is 25.9. The van der Waals surface area contributed by atoms with E-state index in [1.54, 1.807) is 31.5 Å². The van der Waals surface area contributed by atoms with Crippen LogP contribution in [0.5, 0.6) is 0 Å². The molecule has 0 bridgehead atoms. The SMILES string of the molecule is CC.CCC(/C(=C/COCCN)C(=O)O)c1cccnc1.CN/C(=C/C(C)=O)CC(C)(C)C. The molecule has 0 aromatic carbocycles. The number of nitrogens with zero attached hydrogens (tertiary/aromatic N) is 1. The van der Waals surface area contributed by atoms with Crippen molar-refractivity contribution in [1.29, 1.82) is 0 Å². The number of aliphatic carboxylic acids is 1. The van der Waals surface area contributed by atoms with Gasteiger partial charge < -0.3 is 20.9 Å². The molecular formula is C26H45N3O4. The Morgan fingerprint density at radius 3 is 2.33 bits per heavy atom. The number of rotatable bonds is 11. The van der Waals surface area contributed by atoms with Crippen LogP contribution in [0.25, 0.3) is 0 Å². The monoisotopic (exact) mass is 463 g/mol. The van der Waals surface area contributed by atoms with Gasteiger partial charge in [-0.25, -0.2) is 4.79 Å². The zero-order valence-corrected chi connectivity index (χ0v) is 21.8. The third kappa shape index (κ3) is 16.7. The maximum absolute atomic E-state index is 11.4. The summed E-state index contributed by atoms with van der Waals surface area (Å²) in [4.78, 5) is 26.2. The Morgan fingerprint density at radius 2 is 1.94 bits per heavy atom. The zero-order valence-electron chi connectivity index (χ0n) is 21.8. The van der Waals surface area contributed by atoms with Crippen molar-refractivity contribution >= 4 is 11.8 Å². The molecule has 1 aromatic heterocycles. The van der Waals surface area contributed by atoms with Crippen molar-refractivity contribution in [3.63, 3.8) is 0 Å². The first-order chi connectivity index (χ1) is 15.6. The molecule has 33 heavy (non-hydrogen) atoms. The van der Waals surface area contributed by atoms with E-state index in [2.05, 4.69) is 31.1 Å². The van der Waals surface area contributed by atoms with Crippen LogP contribution in [0.3, 0.4) is 0 Å². The van der Waals surface area contributed by atoms with Gasteiger partial charge in [-0.15, -0.1) is 0 Å². The van der Waals surface area contributed by atoms with E-state index in [9.17, 15) is 14.7 Å². The molecular weight excluding hydrogens is 418 g/mol. The summed E-state index contributed by atoms with van der Waals surface area (Å²) < 4.78 is 5.21. The number of hydrogen-bond donors (Lipinski definition) is 3. The molecule has 0 aliphatic carbocycles. The lowest BCUT2D eigenvalue weighted by Gasteiger charge is -2.19. The summed E-state index contributed by atoms with van der Waals surface area (Å²) in [5, 5.41) is 12.4. The minimum absolute atomic E-state index is 0.101. The van der Waals surface area contributed by atoms with Crippen molar-refractivity contribution in [2.24, 2.45) is 11.1 Å². The molecule has 1 heterocycles. The van der Waals surface area contributed by atoms with Crippen LogP contribution in [0.1, 0.15) is 72.8 Å². The highest BCUT2D eigenvalue weighted by Crippen LogP contribution is 2.27. The molecule has 1 atom stereocenters. The standard InChI is InChI=1S/C14H20N2O3.C10H19NO.C2H6/c1-2-12(11-4-3-7-16-10-11)13(14(17)18)5-8-19-9-6-15;1-8(12)6-9(11-5)7-10(2,3)4;1-2/h3-5,7,10,12H,2,6,8-9,15H2,1H3,(H,17,18);6,11H,7H2,1-5H3;1-2H3/b13-5-;9-6+;. The molecule has 4 N–H and O–H groups in total. The minimum atomic E-state index is -0.924. The normalized spacial score (nSPS) is 12.5. The quantitative estimate of drug-likeness (QED) is 0.322. The Labute approximate surface area is 200 Å². The second-order valence-corrected chi connectivity index (χ2v) is 8.34. The van der Waals surface area contributed by atoms with E-state index in [1.807, 2.05) is 40.0 Å². The lowest BCUT2D eigenvalue weighted by atomic mass is 9.89. The molecule has 1 aromatic rings. The number of carboxylic acids is 1. The Morgan fingerprint density at radius 1 is 1.30 bits per heavy atom. The summed E-state index contributed by atoms with van der Waals surface area (Å²) in [6.45, 7) is 15.1. The van der Waals surface area contributed by atoms with Crippen LogP contribution in [0.2, 0.25) is 0 Å². The predicted octanol–water partition coefficient (Wildman–Crippen LogP) is 4.70. The number of pyridine rings is 1. The second kappa shape index (κ2) is 19.0. The van der Waals surface area contributed by atoms with Crippen LogP contribution in [0.4, 0.5) is 0 Å². The topological polar surface area (TPSA) is 115 Å².